The molecule has 0 saturated carbocycles. The van der Waals surface area contributed by atoms with Gasteiger partial charge in [0.2, 0.25) is 0 Å². The third kappa shape index (κ3) is 3.61. The van der Waals surface area contributed by atoms with Crippen molar-refractivity contribution in [1.29, 1.82) is 0 Å². The zero-order chi connectivity index (χ0) is 12.8. The topological polar surface area (TPSA) is 50.7 Å². The first kappa shape index (κ1) is 13.2. The molecule has 0 aliphatic rings. The van der Waals surface area contributed by atoms with Gasteiger partial charge in [0.15, 0.2) is 5.16 Å². The number of aromatic nitrogens is 3. The molecule has 1 N–H and O–H groups in total. The van der Waals surface area contributed by atoms with Crippen LogP contribution < -0.4 is 5.32 Å². The summed E-state index contributed by atoms with van der Waals surface area (Å²) in [7, 11) is 0. The fourth-order valence-electron chi connectivity index (χ4n) is 1.35. The maximum atomic E-state index is 4.48. The first-order chi connectivity index (χ1) is 8.81. The Labute approximate surface area is 115 Å². The Bertz CT molecular complexity index is 505. The predicted molar refractivity (Wildman–Crippen MR) is 76.3 cm³/mol. The minimum atomic E-state index is 0.782. The molecule has 2 rings (SSSR count). The summed E-state index contributed by atoms with van der Waals surface area (Å²) in [6.07, 6.45) is 5.54. The van der Waals surface area contributed by atoms with Crippen LogP contribution in [0.5, 0.6) is 0 Å². The van der Waals surface area contributed by atoms with E-state index >= 15 is 0 Å². The summed E-state index contributed by atoms with van der Waals surface area (Å²) in [6, 6.07) is 5.91. The van der Waals surface area contributed by atoms with Crippen molar-refractivity contribution in [2.45, 2.75) is 22.0 Å². The summed E-state index contributed by atoms with van der Waals surface area (Å²) < 4.78 is 0. The molecule has 2 aromatic rings. The number of pyridine rings is 1. The minimum absolute atomic E-state index is 0.782. The van der Waals surface area contributed by atoms with Crippen LogP contribution in [0.15, 0.2) is 45.7 Å². The highest BCUT2D eigenvalue weighted by Gasteiger charge is 2.05. The molecule has 0 radical (unpaired) electrons. The molecule has 0 fully saturated rings. The number of hydrogen-bond donors (Lipinski definition) is 1. The van der Waals surface area contributed by atoms with E-state index in [9.17, 15) is 0 Å². The summed E-state index contributed by atoms with van der Waals surface area (Å²) in [5.41, 5.74) is 0. The highest BCUT2D eigenvalue weighted by atomic mass is 32.2. The van der Waals surface area contributed by atoms with E-state index in [1.54, 1.807) is 35.9 Å². The molecular formula is C12H14N4S2. The van der Waals surface area contributed by atoms with Crippen molar-refractivity contribution in [2.75, 3.05) is 18.1 Å². The highest BCUT2D eigenvalue weighted by Crippen LogP contribution is 2.28. The Balaban J connectivity index is 2.24. The highest BCUT2D eigenvalue weighted by molar-refractivity contribution is 7.99. The Morgan fingerprint density at radius 2 is 2.00 bits per heavy atom. The van der Waals surface area contributed by atoms with Gasteiger partial charge in [0.25, 0.3) is 0 Å². The van der Waals surface area contributed by atoms with Gasteiger partial charge < -0.3 is 5.32 Å². The molecular weight excluding hydrogens is 264 g/mol. The molecule has 0 amide bonds. The maximum absolute atomic E-state index is 4.48. The summed E-state index contributed by atoms with van der Waals surface area (Å²) in [6.45, 7) is 2.90. The SMILES string of the molecule is CCNc1cc(Sc2ccncc2)nc(SC)n1. The van der Waals surface area contributed by atoms with Gasteiger partial charge in [-0.15, -0.1) is 0 Å². The second kappa shape index (κ2) is 6.61. The van der Waals surface area contributed by atoms with Crippen LogP contribution >= 0.6 is 23.5 Å². The summed E-state index contributed by atoms with van der Waals surface area (Å²) >= 11 is 3.16. The van der Waals surface area contributed by atoms with E-state index in [1.165, 1.54) is 0 Å². The Hall–Kier alpha value is -1.27. The molecule has 0 atom stereocenters. The van der Waals surface area contributed by atoms with E-state index in [1.807, 2.05) is 24.5 Å². The van der Waals surface area contributed by atoms with Crippen molar-refractivity contribution >= 4 is 29.3 Å². The van der Waals surface area contributed by atoms with Gasteiger partial charge in [-0.1, -0.05) is 23.5 Å². The largest absolute Gasteiger partial charge is 0.370 e. The van der Waals surface area contributed by atoms with Crippen molar-refractivity contribution in [3.8, 4) is 0 Å². The predicted octanol–water partition coefficient (Wildman–Crippen LogP) is 3.18. The molecule has 0 spiro atoms. The standard InChI is InChI=1S/C12H14N4S2/c1-3-14-10-8-11(16-12(15-10)17-2)18-9-4-6-13-7-5-9/h4-8H,3H2,1-2H3,(H,14,15,16). The van der Waals surface area contributed by atoms with Gasteiger partial charge in [-0.3, -0.25) is 4.98 Å². The molecule has 0 aliphatic carbocycles. The van der Waals surface area contributed by atoms with Crippen LogP contribution in [0.2, 0.25) is 0 Å². The van der Waals surface area contributed by atoms with Crippen LogP contribution in [-0.4, -0.2) is 27.8 Å². The van der Waals surface area contributed by atoms with Crippen molar-refractivity contribution < 1.29 is 0 Å². The van der Waals surface area contributed by atoms with Gasteiger partial charge in [0.05, 0.1) is 0 Å². The fourth-order valence-corrected chi connectivity index (χ4v) is 2.59. The van der Waals surface area contributed by atoms with Crippen LogP contribution in [0.25, 0.3) is 0 Å². The first-order valence-electron chi connectivity index (χ1n) is 5.56. The van der Waals surface area contributed by atoms with Crippen LogP contribution in [0.4, 0.5) is 5.82 Å². The minimum Gasteiger partial charge on any atom is -0.370 e. The third-order valence-corrected chi connectivity index (χ3v) is 3.57. The zero-order valence-electron chi connectivity index (χ0n) is 10.3. The zero-order valence-corrected chi connectivity index (χ0v) is 11.9. The lowest BCUT2D eigenvalue weighted by Gasteiger charge is -2.07. The van der Waals surface area contributed by atoms with Crippen LogP contribution in [0.3, 0.4) is 0 Å². The fraction of sp³-hybridized carbons (Fsp3) is 0.250. The van der Waals surface area contributed by atoms with E-state index < -0.39 is 0 Å². The molecule has 4 nitrogen and oxygen atoms in total. The van der Waals surface area contributed by atoms with Crippen LogP contribution in [0, 0.1) is 0 Å². The van der Waals surface area contributed by atoms with Gasteiger partial charge in [-0.05, 0) is 25.3 Å². The van der Waals surface area contributed by atoms with Crippen LogP contribution in [0.1, 0.15) is 6.92 Å². The lowest BCUT2D eigenvalue weighted by Crippen LogP contribution is -2.01. The average Bonchev–Trinajstić information content (AvgIpc) is 2.40. The molecule has 94 valence electrons. The molecule has 6 heteroatoms. The monoisotopic (exact) mass is 278 g/mol. The van der Waals surface area contributed by atoms with E-state index in [0.29, 0.717) is 0 Å². The molecule has 0 aliphatic heterocycles. The second-order valence-corrected chi connectivity index (χ2v) is 5.26. The van der Waals surface area contributed by atoms with Crippen LogP contribution in [-0.2, 0) is 0 Å². The number of thioether (sulfide) groups is 1. The smallest absolute Gasteiger partial charge is 0.190 e. The Morgan fingerprint density at radius 1 is 1.22 bits per heavy atom. The molecule has 0 aromatic carbocycles. The number of rotatable bonds is 5. The molecule has 0 saturated heterocycles. The van der Waals surface area contributed by atoms with Gasteiger partial charge in [-0.25, -0.2) is 9.97 Å². The van der Waals surface area contributed by atoms with Crippen molar-refractivity contribution in [3.63, 3.8) is 0 Å². The quantitative estimate of drug-likeness (QED) is 0.515. The van der Waals surface area contributed by atoms with Gasteiger partial charge in [0, 0.05) is 29.9 Å². The van der Waals surface area contributed by atoms with E-state index in [0.717, 1.165) is 27.4 Å². The lowest BCUT2D eigenvalue weighted by molar-refractivity contribution is 0.891. The molecule has 0 bridgehead atoms. The summed E-state index contributed by atoms with van der Waals surface area (Å²) in [5, 5.41) is 4.94. The normalized spacial score (nSPS) is 10.3. The summed E-state index contributed by atoms with van der Waals surface area (Å²) in [5.74, 6) is 0.869. The Morgan fingerprint density at radius 3 is 2.67 bits per heavy atom. The van der Waals surface area contributed by atoms with E-state index in [2.05, 4.69) is 27.2 Å². The van der Waals surface area contributed by atoms with E-state index in [4.69, 9.17) is 0 Å². The molecule has 18 heavy (non-hydrogen) atoms. The third-order valence-electron chi connectivity index (χ3n) is 2.09. The summed E-state index contributed by atoms with van der Waals surface area (Å²) in [4.78, 5) is 14.0. The number of nitrogens with zero attached hydrogens (tertiary/aromatic N) is 3. The van der Waals surface area contributed by atoms with E-state index in [-0.39, 0.29) is 0 Å². The molecule has 2 heterocycles. The van der Waals surface area contributed by atoms with Gasteiger partial charge in [-0.2, -0.15) is 0 Å². The van der Waals surface area contributed by atoms with Crippen molar-refractivity contribution in [1.82, 2.24) is 15.0 Å². The average molecular weight is 278 g/mol. The molecule has 2 aromatic heterocycles. The molecule has 0 unspecified atom stereocenters. The maximum Gasteiger partial charge on any atom is 0.190 e. The van der Waals surface area contributed by atoms with Crippen molar-refractivity contribution in [3.05, 3.63) is 30.6 Å². The van der Waals surface area contributed by atoms with Gasteiger partial charge in [0.1, 0.15) is 10.8 Å². The number of nitrogens with one attached hydrogen (secondary N) is 1. The van der Waals surface area contributed by atoms with Gasteiger partial charge >= 0.3 is 0 Å². The van der Waals surface area contributed by atoms with Crippen molar-refractivity contribution in [2.24, 2.45) is 0 Å². The number of hydrogen-bond acceptors (Lipinski definition) is 6. The lowest BCUT2D eigenvalue weighted by atomic mass is 10.5. The first-order valence-corrected chi connectivity index (χ1v) is 7.60. The number of anilines is 1. The second-order valence-electron chi connectivity index (χ2n) is 3.39. The Kier molecular flexibility index (Phi) is 4.83.